The lowest BCUT2D eigenvalue weighted by Crippen LogP contribution is -2.07. The van der Waals surface area contributed by atoms with Gasteiger partial charge in [-0.2, -0.15) is 18.3 Å². The molecule has 1 aromatic heterocycles. The molecule has 1 N–H and O–H groups in total. The van der Waals surface area contributed by atoms with Crippen LogP contribution in [0.25, 0.3) is 0 Å². The molecule has 1 aromatic carbocycles. The molecule has 116 valence electrons. The van der Waals surface area contributed by atoms with Gasteiger partial charge >= 0.3 is 6.18 Å². The van der Waals surface area contributed by atoms with E-state index in [1.165, 1.54) is 6.07 Å². The third-order valence-electron chi connectivity index (χ3n) is 2.99. The molecule has 0 atom stereocenters. The van der Waals surface area contributed by atoms with Gasteiger partial charge in [0.1, 0.15) is 5.82 Å². The lowest BCUT2D eigenvalue weighted by atomic mass is 10.1. The van der Waals surface area contributed by atoms with Crippen molar-refractivity contribution in [3.8, 4) is 0 Å². The van der Waals surface area contributed by atoms with Crippen molar-refractivity contribution >= 4 is 11.5 Å². The Morgan fingerprint density at radius 2 is 1.86 bits per heavy atom. The summed E-state index contributed by atoms with van der Waals surface area (Å²) in [6, 6.07) is 11.9. The first-order chi connectivity index (χ1) is 10.5. The Labute approximate surface area is 126 Å². The van der Waals surface area contributed by atoms with E-state index < -0.39 is 11.7 Å². The van der Waals surface area contributed by atoms with Crippen molar-refractivity contribution in [2.45, 2.75) is 25.9 Å². The Kier molecular flexibility index (Phi) is 5.14. The topological polar surface area (TPSA) is 37.3 Å². The van der Waals surface area contributed by atoms with Crippen LogP contribution in [0, 0.1) is 0 Å². The van der Waals surface area contributed by atoms with E-state index in [2.05, 4.69) is 15.5 Å². The largest absolute Gasteiger partial charge is 0.417 e. The highest BCUT2D eigenvalue weighted by molar-refractivity contribution is 6.00. The molecule has 0 saturated heterocycles. The number of nitrogens with zero attached hydrogens (tertiary/aromatic N) is 2. The number of nitrogens with one attached hydrogen (secondary N) is 1. The minimum atomic E-state index is -4.38. The number of anilines is 1. The number of hydrazone groups is 1. The third kappa shape index (κ3) is 4.31. The van der Waals surface area contributed by atoms with Gasteiger partial charge < -0.3 is 0 Å². The van der Waals surface area contributed by atoms with E-state index >= 15 is 0 Å². The Balaban J connectivity index is 2.14. The van der Waals surface area contributed by atoms with Crippen molar-refractivity contribution in [1.29, 1.82) is 0 Å². The molecule has 0 radical (unpaired) electrons. The number of halogens is 3. The predicted octanol–water partition coefficient (Wildman–Crippen LogP) is 4.72. The van der Waals surface area contributed by atoms with Crippen molar-refractivity contribution in [3.05, 3.63) is 59.8 Å². The lowest BCUT2D eigenvalue weighted by Gasteiger charge is -2.08. The molecule has 0 aliphatic heterocycles. The average Bonchev–Trinajstić information content (AvgIpc) is 2.52. The van der Waals surface area contributed by atoms with Gasteiger partial charge in [-0.05, 0) is 24.1 Å². The second kappa shape index (κ2) is 7.06. The molecule has 22 heavy (non-hydrogen) atoms. The van der Waals surface area contributed by atoms with Crippen LogP contribution in [0.5, 0.6) is 0 Å². The summed E-state index contributed by atoms with van der Waals surface area (Å²) in [4.78, 5) is 3.73. The quantitative estimate of drug-likeness (QED) is 0.641. The number of hydrogen-bond donors (Lipinski definition) is 1. The first kappa shape index (κ1) is 16.0. The number of pyridine rings is 1. The van der Waals surface area contributed by atoms with Crippen LogP contribution in [0.3, 0.4) is 0 Å². The number of alkyl halides is 3. The van der Waals surface area contributed by atoms with Gasteiger partial charge in [-0.25, -0.2) is 4.98 Å². The van der Waals surface area contributed by atoms with Crippen LogP contribution in [0.15, 0.2) is 53.8 Å². The van der Waals surface area contributed by atoms with Crippen molar-refractivity contribution in [2.75, 3.05) is 5.43 Å². The van der Waals surface area contributed by atoms with Crippen LogP contribution >= 0.6 is 0 Å². The molecule has 6 heteroatoms. The van der Waals surface area contributed by atoms with E-state index in [9.17, 15) is 13.2 Å². The molecule has 3 nitrogen and oxygen atoms in total. The van der Waals surface area contributed by atoms with Gasteiger partial charge in [0.25, 0.3) is 0 Å². The zero-order chi connectivity index (χ0) is 16.0. The minimum absolute atomic E-state index is 0.275. The SMILES string of the molecule is CCC/C(=N/Nc1ccc(C(F)(F)F)cn1)c1ccccc1. The van der Waals surface area contributed by atoms with Crippen LogP contribution in [0.1, 0.15) is 30.9 Å². The highest BCUT2D eigenvalue weighted by Gasteiger charge is 2.30. The predicted molar refractivity (Wildman–Crippen MR) is 80.7 cm³/mol. The van der Waals surface area contributed by atoms with Crippen molar-refractivity contribution < 1.29 is 13.2 Å². The maximum absolute atomic E-state index is 12.5. The third-order valence-corrected chi connectivity index (χ3v) is 2.99. The Morgan fingerprint density at radius 1 is 1.14 bits per heavy atom. The van der Waals surface area contributed by atoms with E-state index in [0.29, 0.717) is 0 Å². The smallest absolute Gasteiger partial charge is 0.261 e. The van der Waals surface area contributed by atoms with Gasteiger partial charge in [0.05, 0.1) is 11.3 Å². The average molecular weight is 307 g/mol. The van der Waals surface area contributed by atoms with E-state index in [1.807, 2.05) is 37.3 Å². The summed E-state index contributed by atoms with van der Waals surface area (Å²) in [7, 11) is 0. The van der Waals surface area contributed by atoms with Gasteiger partial charge in [0.2, 0.25) is 0 Å². The number of rotatable bonds is 5. The highest BCUT2D eigenvalue weighted by atomic mass is 19.4. The minimum Gasteiger partial charge on any atom is -0.261 e. The van der Waals surface area contributed by atoms with Gasteiger partial charge in [-0.1, -0.05) is 43.7 Å². The summed E-state index contributed by atoms with van der Waals surface area (Å²) >= 11 is 0. The van der Waals surface area contributed by atoms with E-state index in [1.54, 1.807) is 0 Å². The fourth-order valence-corrected chi connectivity index (χ4v) is 1.88. The molecule has 0 bridgehead atoms. The normalized spacial score (nSPS) is 12.3. The molecule has 0 amide bonds. The van der Waals surface area contributed by atoms with E-state index in [0.717, 1.165) is 36.4 Å². The maximum Gasteiger partial charge on any atom is 0.417 e. The van der Waals surface area contributed by atoms with Gasteiger partial charge in [-0.3, -0.25) is 5.43 Å². The summed E-state index contributed by atoms with van der Waals surface area (Å²) in [6.45, 7) is 2.04. The molecule has 0 aliphatic carbocycles. The molecule has 0 spiro atoms. The molecule has 0 aliphatic rings. The molecule has 1 heterocycles. The zero-order valence-electron chi connectivity index (χ0n) is 12.1. The second-order valence-electron chi connectivity index (χ2n) is 4.72. The lowest BCUT2D eigenvalue weighted by molar-refractivity contribution is -0.137. The van der Waals surface area contributed by atoms with Crippen LogP contribution in [-0.4, -0.2) is 10.7 Å². The van der Waals surface area contributed by atoms with Crippen LogP contribution < -0.4 is 5.43 Å². The summed E-state index contributed by atoms with van der Waals surface area (Å²) in [5.41, 5.74) is 3.75. The second-order valence-corrected chi connectivity index (χ2v) is 4.72. The molecule has 2 aromatic rings. The molecular weight excluding hydrogens is 291 g/mol. The Hall–Kier alpha value is -2.37. The number of hydrogen-bond acceptors (Lipinski definition) is 3. The summed E-state index contributed by atoms with van der Waals surface area (Å²) < 4.78 is 37.4. The Morgan fingerprint density at radius 3 is 2.41 bits per heavy atom. The molecule has 0 unspecified atom stereocenters. The summed E-state index contributed by atoms with van der Waals surface area (Å²) in [5, 5.41) is 4.27. The van der Waals surface area contributed by atoms with Gasteiger partial charge in [-0.15, -0.1) is 0 Å². The number of aromatic nitrogens is 1. The highest BCUT2D eigenvalue weighted by Crippen LogP contribution is 2.28. The molecular formula is C16H16F3N3. The van der Waals surface area contributed by atoms with Crippen LogP contribution in [0.2, 0.25) is 0 Å². The fraction of sp³-hybridized carbons (Fsp3) is 0.250. The summed E-state index contributed by atoms with van der Waals surface area (Å²) in [5.74, 6) is 0.275. The monoisotopic (exact) mass is 307 g/mol. The van der Waals surface area contributed by atoms with Crippen LogP contribution in [-0.2, 0) is 6.18 Å². The van der Waals surface area contributed by atoms with E-state index in [-0.39, 0.29) is 5.82 Å². The van der Waals surface area contributed by atoms with Crippen molar-refractivity contribution in [2.24, 2.45) is 5.10 Å². The zero-order valence-corrected chi connectivity index (χ0v) is 12.1. The van der Waals surface area contributed by atoms with Crippen LogP contribution in [0.4, 0.5) is 19.0 Å². The molecule has 0 saturated carbocycles. The van der Waals surface area contributed by atoms with Gasteiger partial charge in [0.15, 0.2) is 0 Å². The molecule has 0 fully saturated rings. The number of benzene rings is 1. The Bertz CT molecular complexity index is 619. The molecule has 2 rings (SSSR count). The first-order valence-corrected chi connectivity index (χ1v) is 6.92. The fourth-order valence-electron chi connectivity index (χ4n) is 1.88. The first-order valence-electron chi connectivity index (χ1n) is 6.92. The van der Waals surface area contributed by atoms with Gasteiger partial charge in [0, 0.05) is 6.20 Å². The summed E-state index contributed by atoms with van der Waals surface area (Å²) in [6.07, 6.45) is -1.92. The van der Waals surface area contributed by atoms with Crippen molar-refractivity contribution in [3.63, 3.8) is 0 Å². The van der Waals surface area contributed by atoms with Crippen molar-refractivity contribution in [1.82, 2.24) is 4.98 Å². The maximum atomic E-state index is 12.5. The van der Waals surface area contributed by atoms with E-state index in [4.69, 9.17) is 0 Å². The standard InChI is InChI=1S/C16H16F3N3/c1-2-6-14(12-7-4-3-5-8-12)21-22-15-10-9-13(11-20-15)16(17,18)19/h3-5,7-11H,2,6H2,1H3,(H,20,22)/b21-14-.